The Morgan fingerprint density at radius 1 is 1.43 bits per heavy atom. The van der Waals surface area contributed by atoms with Crippen molar-refractivity contribution in [3.8, 4) is 0 Å². The third-order valence-corrected chi connectivity index (χ3v) is 5.53. The smallest absolute Gasteiger partial charge is 0.0851 e. The highest BCUT2D eigenvalue weighted by Gasteiger charge is 2.42. The average molecular weight is 359 g/mol. The van der Waals surface area contributed by atoms with E-state index in [0.717, 1.165) is 42.5 Å². The molecule has 1 heterocycles. The lowest BCUT2D eigenvalue weighted by Crippen LogP contribution is -2.55. The van der Waals surface area contributed by atoms with E-state index in [1.807, 2.05) is 11.7 Å². The number of hydrogen-bond donors (Lipinski definition) is 2. The highest BCUT2D eigenvalue weighted by molar-refractivity contribution is 9.10. The molecule has 0 aromatic carbocycles. The second-order valence-electron chi connectivity index (χ2n) is 5.81. The van der Waals surface area contributed by atoms with Crippen LogP contribution in [0.15, 0.2) is 4.47 Å². The lowest BCUT2D eigenvalue weighted by atomic mass is 9.89. The van der Waals surface area contributed by atoms with Gasteiger partial charge in [0, 0.05) is 20.1 Å². The SMILES string of the molecule is CCOC1(C(Cc2c(Br)c(CC)nn2C)NN)CCCC1. The van der Waals surface area contributed by atoms with Gasteiger partial charge < -0.3 is 4.74 Å². The molecule has 0 bridgehead atoms. The molecule has 1 aliphatic rings. The Morgan fingerprint density at radius 3 is 2.57 bits per heavy atom. The van der Waals surface area contributed by atoms with E-state index in [1.165, 1.54) is 18.5 Å². The number of aryl methyl sites for hydroxylation is 2. The van der Waals surface area contributed by atoms with Crippen molar-refractivity contribution in [2.24, 2.45) is 12.9 Å². The molecule has 6 heteroatoms. The largest absolute Gasteiger partial charge is 0.374 e. The molecular formula is C15H27BrN4O. The van der Waals surface area contributed by atoms with Crippen molar-refractivity contribution in [2.45, 2.75) is 64.0 Å². The van der Waals surface area contributed by atoms with Gasteiger partial charge in [0.15, 0.2) is 0 Å². The summed E-state index contributed by atoms with van der Waals surface area (Å²) in [5.74, 6) is 5.88. The molecule has 2 rings (SSSR count). The van der Waals surface area contributed by atoms with Gasteiger partial charge in [-0.1, -0.05) is 19.8 Å². The van der Waals surface area contributed by atoms with Crippen LogP contribution in [0, 0.1) is 0 Å². The second-order valence-corrected chi connectivity index (χ2v) is 6.61. The quantitative estimate of drug-likeness (QED) is 0.580. The van der Waals surface area contributed by atoms with Gasteiger partial charge in [-0.2, -0.15) is 5.10 Å². The van der Waals surface area contributed by atoms with E-state index in [-0.39, 0.29) is 11.6 Å². The van der Waals surface area contributed by atoms with Crippen LogP contribution in [-0.4, -0.2) is 28.0 Å². The molecule has 1 aliphatic carbocycles. The fourth-order valence-corrected chi connectivity index (χ4v) is 4.26. The average Bonchev–Trinajstić information content (AvgIpc) is 3.04. The summed E-state index contributed by atoms with van der Waals surface area (Å²) < 4.78 is 9.21. The summed E-state index contributed by atoms with van der Waals surface area (Å²) in [5, 5.41) is 4.57. The first-order valence-corrected chi connectivity index (χ1v) is 8.67. The van der Waals surface area contributed by atoms with Crippen molar-refractivity contribution in [1.82, 2.24) is 15.2 Å². The Kier molecular flexibility index (Phi) is 5.82. The number of nitrogens with zero attached hydrogens (tertiary/aromatic N) is 2. The third-order valence-electron chi connectivity index (χ3n) is 4.62. The van der Waals surface area contributed by atoms with Crippen molar-refractivity contribution in [3.63, 3.8) is 0 Å². The maximum Gasteiger partial charge on any atom is 0.0851 e. The molecule has 1 unspecified atom stereocenters. The Labute approximate surface area is 135 Å². The van der Waals surface area contributed by atoms with Crippen LogP contribution in [0.4, 0.5) is 0 Å². The lowest BCUT2D eigenvalue weighted by Gasteiger charge is -2.37. The standard InChI is InChI=1S/C15H27BrN4O/c1-4-11-14(16)12(20(3)19-11)10-13(18-17)15(21-5-2)8-6-7-9-15/h13,18H,4-10,17H2,1-3H3. The van der Waals surface area contributed by atoms with E-state index in [0.29, 0.717) is 0 Å². The van der Waals surface area contributed by atoms with E-state index in [9.17, 15) is 0 Å². The summed E-state index contributed by atoms with van der Waals surface area (Å²) in [6, 6.07) is 0.108. The zero-order chi connectivity index (χ0) is 15.5. The van der Waals surface area contributed by atoms with Crippen LogP contribution in [0.2, 0.25) is 0 Å². The van der Waals surface area contributed by atoms with E-state index in [1.54, 1.807) is 0 Å². The number of aromatic nitrogens is 2. The zero-order valence-corrected chi connectivity index (χ0v) is 14.9. The first-order valence-electron chi connectivity index (χ1n) is 7.88. The fraction of sp³-hybridized carbons (Fsp3) is 0.800. The van der Waals surface area contributed by atoms with Crippen LogP contribution >= 0.6 is 15.9 Å². The molecule has 1 aromatic heterocycles. The van der Waals surface area contributed by atoms with Gasteiger partial charge in [0.25, 0.3) is 0 Å². The van der Waals surface area contributed by atoms with Crippen LogP contribution < -0.4 is 11.3 Å². The Hall–Kier alpha value is -0.430. The highest BCUT2D eigenvalue weighted by atomic mass is 79.9. The predicted octanol–water partition coefficient (Wildman–Crippen LogP) is 2.47. The fourth-order valence-electron chi connectivity index (χ4n) is 3.49. The van der Waals surface area contributed by atoms with Gasteiger partial charge in [0.2, 0.25) is 0 Å². The molecule has 1 saturated carbocycles. The summed E-state index contributed by atoms with van der Waals surface area (Å²) >= 11 is 3.69. The molecular weight excluding hydrogens is 332 g/mol. The minimum Gasteiger partial charge on any atom is -0.374 e. The molecule has 1 aromatic rings. The van der Waals surface area contributed by atoms with E-state index >= 15 is 0 Å². The Morgan fingerprint density at radius 2 is 2.10 bits per heavy atom. The van der Waals surface area contributed by atoms with Crippen molar-refractivity contribution in [3.05, 3.63) is 15.9 Å². The van der Waals surface area contributed by atoms with Gasteiger partial charge in [-0.05, 0) is 42.1 Å². The molecule has 1 atom stereocenters. The normalized spacial score (nSPS) is 19.1. The molecule has 5 nitrogen and oxygen atoms in total. The summed E-state index contributed by atoms with van der Waals surface area (Å²) in [7, 11) is 1.99. The van der Waals surface area contributed by atoms with Crippen molar-refractivity contribution < 1.29 is 4.74 Å². The van der Waals surface area contributed by atoms with Crippen molar-refractivity contribution >= 4 is 15.9 Å². The minimum atomic E-state index is -0.139. The van der Waals surface area contributed by atoms with Crippen LogP contribution in [0.3, 0.4) is 0 Å². The summed E-state index contributed by atoms with van der Waals surface area (Å²) in [6.07, 6.45) is 6.32. The molecule has 21 heavy (non-hydrogen) atoms. The summed E-state index contributed by atoms with van der Waals surface area (Å²) in [6.45, 7) is 4.90. The van der Waals surface area contributed by atoms with Crippen molar-refractivity contribution in [1.29, 1.82) is 0 Å². The monoisotopic (exact) mass is 358 g/mol. The van der Waals surface area contributed by atoms with E-state index in [2.05, 4.69) is 40.3 Å². The van der Waals surface area contributed by atoms with Gasteiger partial charge >= 0.3 is 0 Å². The topological polar surface area (TPSA) is 65.1 Å². The number of hydrogen-bond acceptors (Lipinski definition) is 4. The molecule has 0 amide bonds. The molecule has 0 radical (unpaired) electrons. The van der Waals surface area contributed by atoms with Crippen molar-refractivity contribution in [2.75, 3.05) is 6.61 Å². The number of nitrogens with two attached hydrogens (primary N) is 1. The van der Waals surface area contributed by atoms with Gasteiger partial charge in [0.05, 0.1) is 27.5 Å². The predicted molar refractivity (Wildman–Crippen MR) is 87.9 cm³/mol. The zero-order valence-electron chi connectivity index (χ0n) is 13.3. The first kappa shape index (κ1) is 16.9. The van der Waals surface area contributed by atoms with Crippen LogP contribution in [-0.2, 0) is 24.6 Å². The number of halogens is 1. The van der Waals surface area contributed by atoms with E-state index in [4.69, 9.17) is 10.6 Å². The minimum absolute atomic E-state index is 0.108. The molecule has 0 saturated heterocycles. The van der Waals surface area contributed by atoms with Crippen LogP contribution in [0.25, 0.3) is 0 Å². The lowest BCUT2D eigenvalue weighted by molar-refractivity contribution is -0.0617. The van der Waals surface area contributed by atoms with Crippen LogP contribution in [0.1, 0.15) is 50.9 Å². The second kappa shape index (κ2) is 7.22. The maximum absolute atomic E-state index is 6.14. The van der Waals surface area contributed by atoms with Gasteiger partial charge in [-0.25, -0.2) is 0 Å². The molecule has 0 aliphatic heterocycles. The maximum atomic E-state index is 6.14. The third kappa shape index (κ3) is 3.33. The van der Waals surface area contributed by atoms with Gasteiger partial charge in [-0.3, -0.25) is 16.0 Å². The van der Waals surface area contributed by atoms with Crippen LogP contribution in [0.5, 0.6) is 0 Å². The first-order chi connectivity index (χ1) is 10.1. The highest BCUT2D eigenvalue weighted by Crippen LogP contribution is 2.38. The molecule has 0 spiro atoms. The number of hydrazine groups is 1. The van der Waals surface area contributed by atoms with Gasteiger partial charge in [-0.15, -0.1) is 0 Å². The Bertz CT molecular complexity index is 468. The number of nitrogens with one attached hydrogen (secondary N) is 1. The van der Waals surface area contributed by atoms with E-state index < -0.39 is 0 Å². The van der Waals surface area contributed by atoms with Gasteiger partial charge in [0.1, 0.15) is 0 Å². The Balaban J connectivity index is 2.24. The molecule has 3 N–H and O–H groups in total. The summed E-state index contributed by atoms with van der Waals surface area (Å²) in [4.78, 5) is 0. The summed E-state index contributed by atoms with van der Waals surface area (Å²) in [5.41, 5.74) is 5.15. The molecule has 120 valence electrons. The number of rotatable bonds is 7. The number of ether oxygens (including phenoxy) is 1. The molecule has 1 fully saturated rings.